The summed E-state index contributed by atoms with van der Waals surface area (Å²) in [7, 11) is 0. The van der Waals surface area contributed by atoms with Crippen LogP contribution in [0.4, 0.5) is 5.82 Å². The minimum Gasteiger partial charge on any atom is -0.308 e. The van der Waals surface area contributed by atoms with E-state index in [1.54, 1.807) is 11.3 Å². The highest BCUT2D eigenvalue weighted by molar-refractivity contribution is 7.09. The molecule has 19 heavy (non-hydrogen) atoms. The van der Waals surface area contributed by atoms with E-state index in [0.29, 0.717) is 18.2 Å². The zero-order valence-corrected chi connectivity index (χ0v) is 12.5. The molecule has 2 aromatic rings. The summed E-state index contributed by atoms with van der Waals surface area (Å²) in [6.45, 7) is 8.20. The Morgan fingerprint density at radius 2 is 2.00 bits per heavy atom. The molecule has 0 aliphatic rings. The smallest absolute Gasteiger partial charge is 0.147 e. The molecule has 0 saturated heterocycles. The van der Waals surface area contributed by atoms with Crippen molar-refractivity contribution in [3.05, 3.63) is 33.2 Å². The Morgan fingerprint density at radius 1 is 1.26 bits per heavy atom. The average molecular weight is 277 g/mol. The molecule has 0 aliphatic carbocycles. The summed E-state index contributed by atoms with van der Waals surface area (Å²) >= 11 is 1.63. The minimum atomic E-state index is 0.335. The third kappa shape index (κ3) is 3.08. The molecule has 0 atom stereocenters. The predicted octanol–water partition coefficient (Wildman–Crippen LogP) is 2.55. The van der Waals surface area contributed by atoms with Crippen molar-refractivity contribution in [3.8, 4) is 0 Å². The molecule has 0 unspecified atom stereocenters. The van der Waals surface area contributed by atoms with Gasteiger partial charge in [-0.2, -0.15) is 0 Å². The van der Waals surface area contributed by atoms with Crippen LogP contribution >= 0.6 is 11.3 Å². The second-order valence-corrected chi connectivity index (χ2v) is 5.79. The average Bonchev–Trinajstić information content (AvgIpc) is 2.73. The molecule has 2 aromatic heterocycles. The molecule has 0 bridgehead atoms. The summed E-state index contributed by atoms with van der Waals surface area (Å²) in [4.78, 5) is 13.5. The fraction of sp³-hybridized carbons (Fsp3) is 0.462. The van der Waals surface area contributed by atoms with Crippen LogP contribution in [0.15, 0.2) is 5.38 Å². The number of nitrogens with zero attached hydrogens (tertiary/aromatic N) is 3. The molecule has 3 N–H and O–H groups in total. The number of nitrogens with two attached hydrogens (primary N) is 1. The molecule has 0 aromatic carbocycles. The first kappa shape index (κ1) is 13.9. The Labute approximate surface area is 117 Å². The topological polar surface area (TPSA) is 76.7 Å². The lowest BCUT2D eigenvalue weighted by atomic mass is 10.0. The van der Waals surface area contributed by atoms with Gasteiger partial charge in [-0.15, -0.1) is 11.3 Å². The zero-order valence-electron chi connectivity index (χ0n) is 11.7. The largest absolute Gasteiger partial charge is 0.308 e. The molecule has 5 nitrogen and oxygen atoms in total. The normalized spacial score (nSPS) is 11.1. The highest BCUT2D eigenvalue weighted by Crippen LogP contribution is 2.25. The molecule has 0 saturated carbocycles. The van der Waals surface area contributed by atoms with Crippen LogP contribution in [0.25, 0.3) is 0 Å². The van der Waals surface area contributed by atoms with Gasteiger partial charge in [-0.05, 0) is 19.8 Å². The van der Waals surface area contributed by atoms with Crippen molar-refractivity contribution in [2.24, 2.45) is 5.84 Å². The summed E-state index contributed by atoms with van der Waals surface area (Å²) < 4.78 is 0. The van der Waals surface area contributed by atoms with Gasteiger partial charge in [0.2, 0.25) is 0 Å². The summed E-state index contributed by atoms with van der Waals surface area (Å²) in [6.07, 6.45) is 0.645. The molecule has 0 radical (unpaired) electrons. The van der Waals surface area contributed by atoms with Gasteiger partial charge < -0.3 is 5.43 Å². The van der Waals surface area contributed by atoms with E-state index in [9.17, 15) is 0 Å². The molecule has 2 heterocycles. The molecule has 0 spiro atoms. The highest BCUT2D eigenvalue weighted by atomic mass is 32.1. The van der Waals surface area contributed by atoms with Crippen molar-refractivity contribution < 1.29 is 0 Å². The minimum absolute atomic E-state index is 0.335. The first-order valence-corrected chi connectivity index (χ1v) is 7.14. The van der Waals surface area contributed by atoms with E-state index < -0.39 is 0 Å². The maximum absolute atomic E-state index is 5.57. The van der Waals surface area contributed by atoms with E-state index in [1.807, 2.05) is 19.2 Å². The Morgan fingerprint density at radius 3 is 2.53 bits per heavy atom. The van der Waals surface area contributed by atoms with E-state index in [-0.39, 0.29) is 0 Å². The standard InChI is InChI=1S/C13H19N5S/c1-7(2)12-9(4)16-10(17-13(12)18-14)5-11-15-8(3)6-19-11/h6-7H,5,14H2,1-4H3,(H,16,17,18). The van der Waals surface area contributed by atoms with Crippen molar-refractivity contribution in [2.45, 2.75) is 40.0 Å². The van der Waals surface area contributed by atoms with Gasteiger partial charge in [0, 0.05) is 22.3 Å². The second kappa shape index (κ2) is 5.63. The molecular weight excluding hydrogens is 258 g/mol. The molecule has 0 aliphatic heterocycles. The van der Waals surface area contributed by atoms with Crippen molar-refractivity contribution in [1.82, 2.24) is 15.0 Å². The van der Waals surface area contributed by atoms with Gasteiger partial charge in [-0.25, -0.2) is 20.8 Å². The number of nitrogens with one attached hydrogen (secondary N) is 1. The lowest BCUT2D eigenvalue weighted by Gasteiger charge is -2.15. The number of aryl methyl sites for hydroxylation is 2. The van der Waals surface area contributed by atoms with Crippen LogP contribution < -0.4 is 11.3 Å². The quantitative estimate of drug-likeness (QED) is 0.663. The number of aromatic nitrogens is 3. The van der Waals surface area contributed by atoms with Crippen LogP contribution in [0, 0.1) is 13.8 Å². The number of anilines is 1. The number of nitrogen functional groups attached to an aromatic ring is 1. The van der Waals surface area contributed by atoms with E-state index >= 15 is 0 Å². The van der Waals surface area contributed by atoms with Crippen LogP contribution in [-0.4, -0.2) is 15.0 Å². The highest BCUT2D eigenvalue weighted by Gasteiger charge is 2.14. The van der Waals surface area contributed by atoms with Crippen LogP contribution in [0.2, 0.25) is 0 Å². The van der Waals surface area contributed by atoms with Gasteiger partial charge in [0.15, 0.2) is 0 Å². The number of thiazole rings is 1. The van der Waals surface area contributed by atoms with Gasteiger partial charge >= 0.3 is 0 Å². The third-order valence-electron chi connectivity index (χ3n) is 2.87. The maximum atomic E-state index is 5.57. The van der Waals surface area contributed by atoms with E-state index in [4.69, 9.17) is 5.84 Å². The lowest BCUT2D eigenvalue weighted by molar-refractivity contribution is 0.810. The fourth-order valence-corrected chi connectivity index (χ4v) is 2.91. The molecular formula is C13H19N5S. The number of hydrogen-bond acceptors (Lipinski definition) is 6. The molecule has 6 heteroatoms. The predicted molar refractivity (Wildman–Crippen MR) is 78.3 cm³/mol. The van der Waals surface area contributed by atoms with Crippen molar-refractivity contribution >= 4 is 17.2 Å². The first-order chi connectivity index (χ1) is 9.01. The van der Waals surface area contributed by atoms with Gasteiger partial charge in [-0.3, -0.25) is 0 Å². The Kier molecular flexibility index (Phi) is 4.11. The number of hydrazine groups is 1. The third-order valence-corrected chi connectivity index (χ3v) is 3.84. The van der Waals surface area contributed by atoms with Gasteiger partial charge in [0.05, 0.1) is 6.42 Å². The SMILES string of the molecule is Cc1csc(Cc2nc(C)c(C(C)C)c(NN)n2)n1. The van der Waals surface area contributed by atoms with Crippen LogP contribution in [0.1, 0.15) is 47.5 Å². The number of hydrogen-bond donors (Lipinski definition) is 2. The van der Waals surface area contributed by atoms with Crippen LogP contribution in [0.3, 0.4) is 0 Å². The Balaban J connectivity index is 2.35. The summed E-state index contributed by atoms with van der Waals surface area (Å²) in [5.74, 6) is 7.37. The molecule has 0 amide bonds. The summed E-state index contributed by atoms with van der Waals surface area (Å²) in [5.41, 5.74) is 5.76. The van der Waals surface area contributed by atoms with E-state index in [0.717, 1.165) is 27.8 Å². The summed E-state index contributed by atoms with van der Waals surface area (Å²) in [5, 5.41) is 3.06. The number of rotatable bonds is 4. The van der Waals surface area contributed by atoms with Crippen molar-refractivity contribution in [3.63, 3.8) is 0 Å². The van der Waals surface area contributed by atoms with Crippen LogP contribution in [0.5, 0.6) is 0 Å². The summed E-state index contributed by atoms with van der Waals surface area (Å²) in [6, 6.07) is 0. The molecule has 2 rings (SSSR count). The van der Waals surface area contributed by atoms with Gasteiger partial charge in [-0.1, -0.05) is 13.8 Å². The Hall–Kier alpha value is -1.53. The fourth-order valence-electron chi connectivity index (χ4n) is 2.14. The Bertz CT molecular complexity index is 576. The van der Waals surface area contributed by atoms with Gasteiger partial charge in [0.1, 0.15) is 16.6 Å². The maximum Gasteiger partial charge on any atom is 0.147 e. The van der Waals surface area contributed by atoms with E-state index in [1.165, 1.54) is 0 Å². The molecule has 102 valence electrons. The van der Waals surface area contributed by atoms with Crippen molar-refractivity contribution in [2.75, 3.05) is 5.43 Å². The monoisotopic (exact) mass is 277 g/mol. The second-order valence-electron chi connectivity index (χ2n) is 4.85. The van der Waals surface area contributed by atoms with Gasteiger partial charge in [0.25, 0.3) is 0 Å². The molecule has 0 fully saturated rings. The first-order valence-electron chi connectivity index (χ1n) is 6.26. The van der Waals surface area contributed by atoms with E-state index in [2.05, 4.69) is 34.2 Å². The zero-order chi connectivity index (χ0) is 14.0. The van der Waals surface area contributed by atoms with Crippen molar-refractivity contribution in [1.29, 1.82) is 0 Å². The van der Waals surface area contributed by atoms with Crippen LogP contribution in [-0.2, 0) is 6.42 Å². The lowest BCUT2D eigenvalue weighted by Crippen LogP contribution is -2.15.